The Balaban J connectivity index is 2.93. The van der Waals surface area contributed by atoms with E-state index in [4.69, 9.17) is 5.11 Å². The van der Waals surface area contributed by atoms with Gasteiger partial charge in [-0.1, -0.05) is 20.8 Å². The maximum atomic E-state index is 12.2. The average molecular weight is 294 g/mol. The summed E-state index contributed by atoms with van der Waals surface area (Å²) < 4.78 is 0. The Bertz CT molecular complexity index is 535. The molecule has 0 aliphatic heterocycles. The lowest BCUT2D eigenvalue weighted by Gasteiger charge is -2.31. The van der Waals surface area contributed by atoms with E-state index in [-0.39, 0.29) is 29.7 Å². The molecule has 0 fully saturated rings. The van der Waals surface area contributed by atoms with Gasteiger partial charge in [-0.15, -0.1) is 0 Å². The first kappa shape index (κ1) is 17.1. The smallest absolute Gasteiger partial charge is 0.272 e. The molecule has 1 unspecified atom stereocenters. The monoisotopic (exact) mass is 294 g/mol. The third-order valence-electron chi connectivity index (χ3n) is 3.42. The van der Waals surface area contributed by atoms with Crippen molar-refractivity contribution in [2.45, 2.75) is 40.2 Å². The highest BCUT2D eigenvalue weighted by molar-refractivity contribution is 5.95. The van der Waals surface area contributed by atoms with Gasteiger partial charge < -0.3 is 10.4 Å². The molecular weight excluding hydrogens is 272 g/mol. The molecule has 1 aromatic rings. The van der Waals surface area contributed by atoms with Crippen LogP contribution in [0.25, 0.3) is 0 Å². The molecular formula is C15H22N2O4. The average Bonchev–Trinajstić information content (AvgIpc) is 2.36. The van der Waals surface area contributed by atoms with Gasteiger partial charge in [-0.3, -0.25) is 14.9 Å². The molecule has 1 rings (SSSR count). The first-order valence-electron chi connectivity index (χ1n) is 6.83. The highest BCUT2D eigenvalue weighted by Gasteiger charge is 2.26. The van der Waals surface area contributed by atoms with Gasteiger partial charge in [0.05, 0.1) is 4.92 Å². The van der Waals surface area contributed by atoms with Crippen LogP contribution in [0.4, 0.5) is 5.69 Å². The standard InChI is InChI=1S/C15H22N2O4/c1-10-9-11(5-6-12(10)17(20)21)14(19)16-13(7-8-18)15(2,3)4/h5-6,9,13,18H,7-8H2,1-4H3,(H,16,19). The number of aliphatic hydroxyl groups is 1. The quantitative estimate of drug-likeness (QED) is 0.644. The zero-order valence-corrected chi connectivity index (χ0v) is 12.8. The van der Waals surface area contributed by atoms with Crippen LogP contribution in [-0.4, -0.2) is 28.6 Å². The predicted molar refractivity (Wildman–Crippen MR) is 80.2 cm³/mol. The molecule has 0 saturated carbocycles. The van der Waals surface area contributed by atoms with E-state index in [2.05, 4.69) is 5.32 Å². The van der Waals surface area contributed by atoms with Crippen molar-refractivity contribution in [1.82, 2.24) is 5.32 Å². The van der Waals surface area contributed by atoms with Crippen LogP contribution in [0.3, 0.4) is 0 Å². The molecule has 2 N–H and O–H groups in total. The van der Waals surface area contributed by atoms with Gasteiger partial charge in [-0.2, -0.15) is 0 Å². The SMILES string of the molecule is Cc1cc(C(=O)NC(CCO)C(C)(C)C)ccc1[N+](=O)[O-]. The number of aliphatic hydroxyl groups excluding tert-OH is 1. The van der Waals surface area contributed by atoms with Crippen molar-refractivity contribution in [1.29, 1.82) is 0 Å². The van der Waals surface area contributed by atoms with Crippen molar-refractivity contribution in [3.63, 3.8) is 0 Å². The number of nitro benzene ring substituents is 1. The predicted octanol–water partition coefficient (Wildman–Crippen LogP) is 2.43. The largest absolute Gasteiger partial charge is 0.396 e. The van der Waals surface area contributed by atoms with E-state index in [1.54, 1.807) is 6.92 Å². The highest BCUT2D eigenvalue weighted by Crippen LogP contribution is 2.23. The van der Waals surface area contributed by atoms with Crippen molar-refractivity contribution < 1.29 is 14.8 Å². The lowest BCUT2D eigenvalue weighted by atomic mass is 9.84. The van der Waals surface area contributed by atoms with Crippen LogP contribution >= 0.6 is 0 Å². The van der Waals surface area contributed by atoms with E-state index in [9.17, 15) is 14.9 Å². The topological polar surface area (TPSA) is 92.5 Å². The maximum Gasteiger partial charge on any atom is 0.272 e. The number of aryl methyl sites for hydroxylation is 1. The summed E-state index contributed by atoms with van der Waals surface area (Å²) in [6.45, 7) is 7.53. The second-order valence-electron chi connectivity index (χ2n) is 6.16. The van der Waals surface area contributed by atoms with Gasteiger partial charge in [0, 0.05) is 29.8 Å². The van der Waals surface area contributed by atoms with Crippen LogP contribution in [0.15, 0.2) is 18.2 Å². The van der Waals surface area contributed by atoms with E-state index in [0.717, 1.165) is 0 Å². The minimum atomic E-state index is -0.471. The number of hydrogen-bond donors (Lipinski definition) is 2. The summed E-state index contributed by atoms with van der Waals surface area (Å²) in [7, 11) is 0. The van der Waals surface area contributed by atoms with Gasteiger partial charge >= 0.3 is 0 Å². The Morgan fingerprint density at radius 3 is 2.48 bits per heavy atom. The third-order valence-corrected chi connectivity index (χ3v) is 3.42. The molecule has 1 atom stereocenters. The van der Waals surface area contributed by atoms with Crippen molar-refractivity contribution in [2.75, 3.05) is 6.61 Å². The van der Waals surface area contributed by atoms with Crippen LogP contribution < -0.4 is 5.32 Å². The maximum absolute atomic E-state index is 12.2. The summed E-state index contributed by atoms with van der Waals surface area (Å²) in [5.74, 6) is -0.290. The van der Waals surface area contributed by atoms with Crippen molar-refractivity contribution in [3.05, 3.63) is 39.4 Å². The number of hydrogen-bond acceptors (Lipinski definition) is 4. The number of amides is 1. The van der Waals surface area contributed by atoms with Crippen molar-refractivity contribution in [2.24, 2.45) is 5.41 Å². The Morgan fingerprint density at radius 2 is 2.05 bits per heavy atom. The number of nitrogens with zero attached hydrogens (tertiary/aromatic N) is 1. The third kappa shape index (κ3) is 4.53. The molecule has 0 spiro atoms. The van der Waals surface area contributed by atoms with Gasteiger partial charge in [-0.25, -0.2) is 0 Å². The van der Waals surface area contributed by atoms with Crippen molar-refractivity contribution >= 4 is 11.6 Å². The Kier molecular flexibility index (Phi) is 5.43. The fourth-order valence-corrected chi connectivity index (χ4v) is 2.09. The molecule has 21 heavy (non-hydrogen) atoms. The van der Waals surface area contributed by atoms with Crippen LogP contribution in [0.5, 0.6) is 0 Å². The Morgan fingerprint density at radius 1 is 1.43 bits per heavy atom. The molecule has 0 saturated heterocycles. The van der Waals surface area contributed by atoms with E-state index in [1.807, 2.05) is 20.8 Å². The molecule has 0 bridgehead atoms. The van der Waals surface area contributed by atoms with E-state index >= 15 is 0 Å². The molecule has 0 aromatic heterocycles. The lowest BCUT2D eigenvalue weighted by Crippen LogP contribution is -2.44. The summed E-state index contributed by atoms with van der Waals surface area (Å²) in [6, 6.07) is 4.11. The lowest BCUT2D eigenvalue weighted by molar-refractivity contribution is -0.385. The summed E-state index contributed by atoms with van der Waals surface area (Å²) in [6.07, 6.45) is 0.460. The van der Waals surface area contributed by atoms with Gasteiger partial charge in [0.25, 0.3) is 11.6 Å². The fourth-order valence-electron chi connectivity index (χ4n) is 2.09. The van der Waals surface area contributed by atoms with E-state index in [1.165, 1.54) is 18.2 Å². The zero-order valence-electron chi connectivity index (χ0n) is 12.8. The Hall–Kier alpha value is -1.95. The van der Waals surface area contributed by atoms with Gasteiger partial charge in [-0.05, 0) is 30.9 Å². The molecule has 1 amide bonds. The zero-order chi connectivity index (χ0) is 16.2. The number of nitrogens with one attached hydrogen (secondary N) is 1. The molecule has 0 heterocycles. The minimum absolute atomic E-state index is 0.00530. The molecule has 0 radical (unpaired) electrons. The number of nitro groups is 1. The van der Waals surface area contributed by atoms with Crippen LogP contribution in [0.2, 0.25) is 0 Å². The van der Waals surface area contributed by atoms with E-state index < -0.39 is 4.92 Å². The normalized spacial score (nSPS) is 12.8. The minimum Gasteiger partial charge on any atom is -0.396 e. The molecule has 0 aliphatic carbocycles. The van der Waals surface area contributed by atoms with Crippen LogP contribution in [0.1, 0.15) is 43.1 Å². The molecule has 6 nitrogen and oxygen atoms in total. The summed E-state index contributed by atoms with van der Waals surface area (Å²) in [5, 5.41) is 22.8. The first-order chi connectivity index (χ1) is 9.66. The molecule has 116 valence electrons. The highest BCUT2D eigenvalue weighted by atomic mass is 16.6. The molecule has 1 aromatic carbocycles. The first-order valence-corrected chi connectivity index (χ1v) is 6.83. The second kappa shape index (κ2) is 6.67. The van der Waals surface area contributed by atoms with Gasteiger partial charge in [0.2, 0.25) is 0 Å². The second-order valence-corrected chi connectivity index (χ2v) is 6.16. The van der Waals surface area contributed by atoms with Crippen LogP contribution in [0, 0.1) is 22.5 Å². The number of rotatable bonds is 5. The number of carbonyl (C=O) groups excluding carboxylic acids is 1. The van der Waals surface area contributed by atoms with Crippen molar-refractivity contribution in [3.8, 4) is 0 Å². The number of benzene rings is 1. The fraction of sp³-hybridized carbons (Fsp3) is 0.533. The number of carbonyl (C=O) groups is 1. The van der Waals surface area contributed by atoms with E-state index in [0.29, 0.717) is 17.5 Å². The summed E-state index contributed by atoms with van der Waals surface area (Å²) in [5.41, 5.74) is 0.635. The molecule has 6 heteroatoms. The van der Waals surface area contributed by atoms with Gasteiger partial charge in [0.15, 0.2) is 0 Å². The Labute approximate surface area is 124 Å². The summed E-state index contributed by atoms with van der Waals surface area (Å²) in [4.78, 5) is 22.6. The molecule has 0 aliphatic rings. The van der Waals surface area contributed by atoms with Crippen LogP contribution in [-0.2, 0) is 0 Å². The van der Waals surface area contributed by atoms with Gasteiger partial charge in [0.1, 0.15) is 0 Å². The summed E-state index contributed by atoms with van der Waals surface area (Å²) >= 11 is 0.